The van der Waals surface area contributed by atoms with E-state index in [0.717, 1.165) is 13.2 Å². The fourth-order valence-corrected chi connectivity index (χ4v) is 1.13. The Balaban J connectivity index is 3.21. The lowest BCUT2D eigenvalue weighted by Crippen LogP contribution is -2.13. The van der Waals surface area contributed by atoms with Gasteiger partial charge in [-0.2, -0.15) is 13.2 Å². The van der Waals surface area contributed by atoms with E-state index in [-0.39, 0.29) is 5.69 Å². The van der Waals surface area contributed by atoms with Crippen LogP contribution in [0, 0.1) is 10.1 Å². The van der Waals surface area contributed by atoms with Crippen molar-refractivity contribution in [3.63, 3.8) is 0 Å². The molecule has 0 fully saturated rings. The van der Waals surface area contributed by atoms with E-state index in [1.807, 2.05) is 5.32 Å². The number of carbonyl (C=O) groups excluding carboxylic acids is 1. The molecular formula is C9H7F3N2O4. The largest absolute Gasteiger partial charge is 0.453 e. The first kappa shape index (κ1) is 13.7. The fourth-order valence-electron chi connectivity index (χ4n) is 1.13. The van der Waals surface area contributed by atoms with E-state index in [4.69, 9.17) is 0 Å². The second-order valence-electron chi connectivity index (χ2n) is 3.10. The van der Waals surface area contributed by atoms with Gasteiger partial charge in [0.2, 0.25) is 0 Å². The van der Waals surface area contributed by atoms with Gasteiger partial charge in [0.15, 0.2) is 0 Å². The maximum atomic E-state index is 12.4. The Hall–Kier alpha value is -2.32. The summed E-state index contributed by atoms with van der Waals surface area (Å²) in [6, 6.07) is 1.75. The van der Waals surface area contributed by atoms with Crippen molar-refractivity contribution < 1.29 is 27.6 Å². The van der Waals surface area contributed by atoms with E-state index < -0.39 is 28.4 Å². The minimum Gasteiger partial charge on any atom is -0.453 e. The predicted molar refractivity (Wildman–Crippen MR) is 54.1 cm³/mol. The Bertz CT molecular complexity index is 487. The maximum Gasteiger partial charge on any atom is 0.416 e. The number of hydrogen-bond acceptors (Lipinski definition) is 4. The van der Waals surface area contributed by atoms with Gasteiger partial charge >= 0.3 is 12.3 Å². The van der Waals surface area contributed by atoms with Crippen molar-refractivity contribution >= 4 is 17.5 Å². The molecule has 0 saturated carbocycles. The molecule has 0 heterocycles. The normalized spacial score (nSPS) is 10.9. The van der Waals surface area contributed by atoms with Gasteiger partial charge in [0.25, 0.3) is 5.69 Å². The summed E-state index contributed by atoms with van der Waals surface area (Å²) >= 11 is 0. The summed E-state index contributed by atoms with van der Waals surface area (Å²) in [4.78, 5) is 20.4. The predicted octanol–water partition coefficient (Wildman–Crippen LogP) is 2.79. The molecule has 1 amide bonds. The minimum absolute atomic E-state index is 0.339. The van der Waals surface area contributed by atoms with Crippen LogP contribution in [0.3, 0.4) is 0 Å². The zero-order valence-corrected chi connectivity index (χ0v) is 8.95. The first-order valence-corrected chi connectivity index (χ1v) is 4.46. The molecule has 0 unspecified atom stereocenters. The van der Waals surface area contributed by atoms with E-state index in [1.54, 1.807) is 0 Å². The van der Waals surface area contributed by atoms with Crippen LogP contribution in [0.2, 0.25) is 0 Å². The Morgan fingerprint density at radius 2 is 2.06 bits per heavy atom. The number of amides is 1. The van der Waals surface area contributed by atoms with Crippen molar-refractivity contribution in [3.05, 3.63) is 33.9 Å². The minimum atomic E-state index is -4.70. The molecule has 0 radical (unpaired) electrons. The molecule has 0 atom stereocenters. The van der Waals surface area contributed by atoms with Crippen LogP contribution < -0.4 is 5.32 Å². The number of halogens is 3. The monoisotopic (exact) mass is 264 g/mol. The number of anilines is 1. The number of nitro groups is 1. The fraction of sp³-hybridized carbons (Fsp3) is 0.222. The van der Waals surface area contributed by atoms with Crippen LogP contribution in [-0.4, -0.2) is 18.1 Å². The van der Waals surface area contributed by atoms with Crippen LogP contribution in [0.15, 0.2) is 18.2 Å². The Morgan fingerprint density at radius 3 is 2.50 bits per heavy atom. The number of hydrogen-bond donors (Lipinski definition) is 1. The number of nitrogens with one attached hydrogen (secondary N) is 1. The van der Waals surface area contributed by atoms with E-state index in [0.29, 0.717) is 12.1 Å². The Morgan fingerprint density at radius 1 is 1.44 bits per heavy atom. The number of rotatable bonds is 2. The van der Waals surface area contributed by atoms with E-state index >= 15 is 0 Å². The highest BCUT2D eigenvalue weighted by molar-refractivity contribution is 5.87. The molecule has 0 spiro atoms. The molecule has 1 aromatic rings. The third kappa shape index (κ3) is 3.09. The van der Waals surface area contributed by atoms with Gasteiger partial charge in [-0.3, -0.25) is 15.4 Å². The van der Waals surface area contributed by atoms with Crippen molar-refractivity contribution in [2.24, 2.45) is 0 Å². The molecule has 0 aromatic heterocycles. The zero-order chi connectivity index (χ0) is 13.9. The van der Waals surface area contributed by atoms with Crippen LogP contribution in [0.4, 0.5) is 29.3 Å². The summed E-state index contributed by atoms with van der Waals surface area (Å²) in [5.41, 5.74) is -2.42. The van der Waals surface area contributed by atoms with Gasteiger partial charge in [0.05, 0.1) is 17.6 Å². The molecule has 9 heteroatoms. The number of benzene rings is 1. The molecule has 0 saturated heterocycles. The second-order valence-corrected chi connectivity index (χ2v) is 3.10. The number of alkyl halides is 3. The van der Waals surface area contributed by atoms with Crippen molar-refractivity contribution in [2.45, 2.75) is 6.18 Å². The smallest absolute Gasteiger partial charge is 0.416 e. The lowest BCUT2D eigenvalue weighted by atomic mass is 10.1. The standard InChI is InChI=1S/C9H7F3N2O4/c1-18-8(15)13-6-3-2-5(9(10,11)12)4-7(6)14(16)17/h2-4H,1H3,(H,13,15). The maximum absolute atomic E-state index is 12.4. The zero-order valence-electron chi connectivity index (χ0n) is 8.95. The molecule has 98 valence electrons. The molecule has 18 heavy (non-hydrogen) atoms. The van der Waals surface area contributed by atoms with Crippen molar-refractivity contribution in [3.8, 4) is 0 Å². The van der Waals surface area contributed by atoms with E-state index in [9.17, 15) is 28.1 Å². The van der Waals surface area contributed by atoms with E-state index in [1.165, 1.54) is 0 Å². The molecule has 6 nitrogen and oxygen atoms in total. The quantitative estimate of drug-likeness (QED) is 0.657. The average molecular weight is 264 g/mol. The van der Waals surface area contributed by atoms with Crippen LogP contribution >= 0.6 is 0 Å². The second kappa shape index (κ2) is 4.90. The first-order chi connectivity index (χ1) is 8.25. The summed E-state index contributed by atoms with van der Waals surface area (Å²) in [6.07, 6.45) is -5.72. The van der Waals surface area contributed by atoms with Gasteiger partial charge in [0, 0.05) is 6.07 Å². The van der Waals surface area contributed by atoms with Crippen LogP contribution in [-0.2, 0) is 10.9 Å². The van der Waals surface area contributed by atoms with Gasteiger partial charge in [-0.1, -0.05) is 0 Å². The molecular weight excluding hydrogens is 257 g/mol. The summed E-state index contributed by atoms with van der Waals surface area (Å²) in [6.45, 7) is 0. The molecule has 0 aliphatic carbocycles. The highest BCUT2D eigenvalue weighted by atomic mass is 19.4. The highest BCUT2D eigenvalue weighted by Crippen LogP contribution is 2.34. The topological polar surface area (TPSA) is 81.5 Å². The van der Waals surface area contributed by atoms with Gasteiger partial charge in [-0.05, 0) is 12.1 Å². The third-order valence-corrected chi connectivity index (χ3v) is 1.94. The lowest BCUT2D eigenvalue weighted by molar-refractivity contribution is -0.384. The molecule has 0 bridgehead atoms. The Kier molecular flexibility index (Phi) is 3.74. The van der Waals surface area contributed by atoms with Gasteiger partial charge in [-0.15, -0.1) is 0 Å². The van der Waals surface area contributed by atoms with Crippen molar-refractivity contribution in [2.75, 3.05) is 12.4 Å². The summed E-state index contributed by atoms with van der Waals surface area (Å²) in [7, 11) is 1.02. The Labute approximate surface area is 98.5 Å². The summed E-state index contributed by atoms with van der Waals surface area (Å²) in [5, 5.41) is 12.6. The summed E-state index contributed by atoms with van der Waals surface area (Å²) in [5.74, 6) is 0. The van der Waals surface area contributed by atoms with Crippen molar-refractivity contribution in [1.82, 2.24) is 0 Å². The molecule has 0 aliphatic heterocycles. The average Bonchev–Trinajstić information content (AvgIpc) is 2.27. The van der Waals surface area contributed by atoms with Crippen LogP contribution in [0.1, 0.15) is 5.56 Å². The van der Waals surface area contributed by atoms with Gasteiger partial charge < -0.3 is 4.74 Å². The number of nitrogens with zero attached hydrogens (tertiary/aromatic N) is 1. The summed E-state index contributed by atoms with van der Waals surface area (Å²) < 4.78 is 41.3. The number of ether oxygens (including phenoxy) is 1. The van der Waals surface area contributed by atoms with Gasteiger partial charge in [0.1, 0.15) is 5.69 Å². The molecule has 1 aromatic carbocycles. The SMILES string of the molecule is COC(=O)Nc1ccc(C(F)(F)F)cc1[N+](=O)[O-]. The molecule has 1 rings (SSSR count). The first-order valence-electron chi connectivity index (χ1n) is 4.46. The van der Waals surface area contributed by atoms with E-state index in [2.05, 4.69) is 4.74 Å². The molecule has 1 N–H and O–H groups in total. The molecule has 0 aliphatic rings. The number of nitro benzene ring substituents is 1. The third-order valence-electron chi connectivity index (χ3n) is 1.94. The highest BCUT2D eigenvalue weighted by Gasteiger charge is 2.33. The van der Waals surface area contributed by atoms with Crippen molar-refractivity contribution in [1.29, 1.82) is 0 Å². The van der Waals surface area contributed by atoms with Crippen LogP contribution in [0.25, 0.3) is 0 Å². The number of methoxy groups -OCH3 is 1. The van der Waals surface area contributed by atoms with Crippen LogP contribution in [0.5, 0.6) is 0 Å². The lowest BCUT2D eigenvalue weighted by Gasteiger charge is -2.09. The number of carbonyl (C=O) groups is 1. The van der Waals surface area contributed by atoms with Gasteiger partial charge in [-0.25, -0.2) is 4.79 Å².